The maximum Gasteiger partial charge on any atom is 0.326 e. The summed E-state index contributed by atoms with van der Waals surface area (Å²) >= 11 is 0. The molecule has 1 atom stereocenters. The number of anilines is 1. The molecule has 0 aromatic heterocycles. The lowest BCUT2D eigenvalue weighted by atomic mass is 9.79. The summed E-state index contributed by atoms with van der Waals surface area (Å²) in [7, 11) is 1.62. The van der Waals surface area contributed by atoms with E-state index in [0.717, 1.165) is 56.4 Å². The van der Waals surface area contributed by atoms with Gasteiger partial charge in [-0.05, 0) is 56.4 Å². The minimum absolute atomic E-state index is 0.0554. The van der Waals surface area contributed by atoms with E-state index in [2.05, 4.69) is 5.32 Å². The number of methoxy groups -OCH3 is 1. The topological polar surface area (TPSA) is 78.9 Å². The van der Waals surface area contributed by atoms with Gasteiger partial charge in [0.15, 0.2) is 0 Å². The smallest absolute Gasteiger partial charge is 0.326 e. The van der Waals surface area contributed by atoms with Gasteiger partial charge in [0.1, 0.15) is 17.3 Å². The van der Waals surface area contributed by atoms with Crippen LogP contribution in [0, 0.1) is 0 Å². The predicted octanol–water partition coefficient (Wildman–Crippen LogP) is 3.28. The summed E-state index contributed by atoms with van der Waals surface area (Å²) in [5, 5.41) is 13.0. The molecule has 0 radical (unpaired) electrons. The molecule has 142 valence electrons. The molecule has 26 heavy (non-hydrogen) atoms. The zero-order valence-electron chi connectivity index (χ0n) is 15.4. The molecule has 2 aliphatic rings. The van der Waals surface area contributed by atoms with Crippen molar-refractivity contribution in [3.05, 3.63) is 24.3 Å². The Labute approximate surface area is 154 Å². The lowest BCUT2D eigenvalue weighted by molar-refractivity contribution is -0.154. The minimum Gasteiger partial charge on any atom is -0.497 e. The molecule has 0 unspecified atom stereocenters. The number of hydrogen-bond acceptors (Lipinski definition) is 4. The Hall–Kier alpha value is -2.24. The van der Waals surface area contributed by atoms with Crippen LogP contribution in [0.3, 0.4) is 0 Å². The third-order valence-corrected chi connectivity index (χ3v) is 5.64. The zero-order valence-corrected chi connectivity index (χ0v) is 15.4. The minimum atomic E-state index is -0.895. The van der Waals surface area contributed by atoms with Crippen LogP contribution in [0.25, 0.3) is 0 Å². The number of carboxylic acids is 1. The molecule has 6 heteroatoms. The fourth-order valence-corrected chi connectivity index (χ4v) is 4.20. The van der Waals surface area contributed by atoms with E-state index < -0.39 is 17.6 Å². The molecule has 3 rings (SSSR count). The quantitative estimate of drug-likeness (QED) is 0.842. The second kappa shape index (κ2) is 7.98. The third kappa shape index (κ3) is 3.79. The number of amides is 1. The van der Waals surface area contributed by atoms with Gasteiger partial charge in [-0.3, -0.25) is 4.79 Å². The third-order valence-electron chi connectivity index (χ3n) is 5.64. The highest BCUT2D eigenvalue weighted by Crippen LogP contribution is 2.35. The number of nitrogens with one attached hydrogen (secondary N) is 1. The molecule has 1 aromatic carbocycles. The molecular weight excluding hydrogens is 332 g/mol. The molecule has 1 saturated heterocycles. The van der Waals surface area contributed by atoms with Crippen LogP contribution in [-0.2, 0) is 9.59 Å². The monoisotopic (exact) mass is 360 g/mol. The van der Waals surface area contributed by atoms with Crippen LogP contribution < -0.4 is 10.1 Å². The van der Waals surface area contributed by atoms with E-state index >= 15 is 0 Å². The first-order valence-electron chi connectivity index (χ1n) is 9.52. The van der Waals surface area contributed by atoms with E-state index in [0.29, 0.717) is 13.0 Å². The first-order chi connectivity index (χ1) is 12.6. The highest BCUT2D eigenvalue weighted by Gasteiger charge is 2.45. The van der Waals surface area contributed by atoms with Crippen LogP contribution in [0.1, 0.15) is 51.4 Å². The van der Waals surface area contributed by atoms with E-state index in [1.54, 1.807) is 12.0 Å². The normalized spacial score (nSPS) is 22.5. The summed E-state index contributed by atoms with van der Waals surface area (Å²) in [5.41, 5.74) is 0.155. The number of carbonyl (C=O) groups excluding carboxylic acids is 1. The van der Waals surface area contributed by atoms with Gasteiger partial charge in [-0.25, -0.2) is 4.79 Å². The van der Waals surface area contributed by atoms with Gasteiger partial charge < -0.3 is 20.1 Å². The molecule has 1 aliphatic heterocycles. The number of likely N-dealkylation sites (tertiary alicyclic amines) is 1. The van der Waals surface area contributed by atoms with E-state index in [1.165, 1.54) is 0 Å². The standard InChI is InChI=1S/C20H28N2O4/c1-26-16-10-8-15(9-11-16)21-20(12-4-2-5-13-20)19(25)22-14-6-3-7-17(22)18(23)24/h8-11,17,21H,2-7,12-14H2,1H3,(H,23,24)/t17-/m0/s1. The largest absolute Gasteiger partial charge is 0.497 e. The molecule has 6 nitrogen and oxygen atoms in total. The number of ether oxygens (including phenoxy) is 1. The number of nitrogens with zero attached hydrogens (tertiary/aromatic N) is 1. The number of benzene rings is 1. The van der Waals surface area contributed by atoms with Crippen molar-refractivity contribution in [2.75, 3.05) is 19.0 Å². The Morgan fingerprint density at radius 1 is 1.12 bits per heavy atom. The van der Waals surface area contributed by atoms with E-state index in [-0.39, 0.29) is 5.91 Å². The van der Waals surface area contributed by atoms with Crippen LogP contribution in [0.5, 0.6) is 5.75 Å². The molecule has 2 fully saturated rings. The van der Waals surface area contributed by atoms with Crippen molar-refractivity contribution in [2.24, 2.45) is 0 Å². The summed E-state index contributed by atoms with van der Waals surface area (Å²) in [5.74, 6) is -0.185. The molecule has 0 bridgehead atoms. The highest BCUT2D eigenvalue weighted by atomic mass is 16.5. The van der Waals surface area contributed by atoms with Gasteiger partial charge in [0.25, 0.3) is 0 Å². The van der Waals surface area contributed by atoms with Crippen molar-refractivity contribution in [1.29, 1.82) is 0 Å². The van der Waals surface area contributed by atoms with E-state index in [1.807, 2.05) is 24.3 Å². The van der Waals surface area contributed by atoms with Crippen molar-refractivity contribution < 1.29 is 19.4 Å². The lowest BCUT2D eigenvalue weighted by Crippen LogP contribution is -2.60. The number of hydrogen-bond donors (Lipinski definition) is 2. The molecule has 0 spiro atoms. The summed E-state index contributed by atoms with van der Waals surface area (Å²) < 4.78 is 5.20. The predicted molar refractivity (Wildman–Crippen MR) is 99.4 cm³/mol. The van der Waals surface area contributed by atoms with Gasteiger partial charge in [0.2, 0.25) is 5.91 Å². The molecule has 1 saturated carbocycles. The van der Waals surface area contributed by atoms with Gasteiger partial charge in [-0.1, -0.05) is 19.3 Å². The number of carboxylic acid groups (broad SMARTS) is 1. The number of piperidine rings is 1. The molecule has 1 heterocycles. The Kier molecular flexibility index (Phi) is 5.69. The maximum absolute atomic E-state index is 13.5. The summed E-state index contributed by atoms with van der Waals surface area (Å²) in [6.45, 7) is 0.530. The second-order valence-electron chi connectivity index (χ2n) is 7.34. The number of carbonyl (C=O) groups is 2. The number of rotatable bonds is 5. The van der Waals surface area contributed by atoms with Crippen LogP contribution in [0.15, 0.2) is 24.3 Å². The lowest BCUT2D eigenvalue weighted by Gasteiger charge is -2.44. The second-order valence-corrected chi connectivity index (χ2v) is 7.34. The van der Waals surface area contributed by atoms with Crippen LogP contribution in [-0.4, -0.2) is 47.1 Å². The first kappa shape index (κ1) is 18.5. The summed E-state index contributed by atoms with van der Waals surface area (Å²) in [6.07, 6.45) is 6.80. The van der Waals surface area contributed by atoms with E-state index in [4.69, 9.17) is 4.74 Å². The fourth-order valence-electron chi connectivity index (χ4n) is 4.20. The summed E-state index contributed by atoms with van der Waals surface area (Å²) in [4.78, 5) is 26.8. The SMILES string of the molecule is COc1ccc(NC2(C(=O)N3CCCC[C@H]3C(=O)O)CCCCC2)cc1. The Balaban J connectivity index is 1.85. The Bertz CT molecular complexity index is 638. The average Bonchev–Trinajstić information content (AvgIpc) is 2.68. The summed E-state index contributed by atoms with van der Waals surface area (Å²) in [6, 6.07) is 6.85. The van der Waals surface area contributed by atoms with Crippen LogP contribution in [0.2, 0.25) is 0 Å². The van der Waals surface area contributed by atoms with Crippen molar-refractivity contribution >= 4 is 17.6 Å². The zero-order chi connectivity index (χ0) is 18.6. The van der Waals surface area contributed by atoms with Gasteiger partial charge in [0.05, 0.1) is 7.11 Å². The maximum atomic E-state index is 13.5. The number of aliphatic carboxylic acids is 1. The first-order valence-corrected chi connectivity index (χ1v) is 9.52. The van der Waals surface area contributed by atoms with E-state index in [9.17, 15) is 14.7 Å². The average molecular weight is 360 g/mol. The van der Waals surface area contributed by atoms with Crippen LogP contribution >= 0.6 is 0 Å². The van der Waals surface area contributed by atoms with Gasteiger partial charge in [-0.15, -0.1) is 0 Å². The highest BCUT2D eigenvalue weighted by molar-refractivity contribution is 5.93. The van der Waals surface area contributed by atoms with Crippen LogP contribution in [0.4, 0.5) is 5.69 Å². The van der Waals surface area contributed by atoms with Crippen molar-refractivity contribution in [3.63, 3.8) is 0 Å². The van der Waals surface area contributed by atoms with Gasteiger partial charge >= 0.3 is 5.97 Å². The fraction of sp³-hybridized carbons (Fsp3) is 0.600. The molecule has 1 aliphatic carbocycles. The van der Waals surface area contributed by atoms with Crippen molar-refractivity contribution in [2.45, 2.75) is 62.9 Å². The van der Waals surface area contributed by atoms with Gasteiger partial charge in [-0.2, -0.15) is 0 Å². The molecular formula is C20H28N2O4. The van der Waals surface area contributed by atoms with Gasteiger partial charge in [0, 0.05) is 12.2 Å². The molecule has 1 aromatic rings. The van der Waals surface area contributed by atoms with Crippen molar-refractivity contribution in [3.8, 4) is 5.75 Å². The molecule has 1 amide bonds. The van der Waals surface area contributed by atoms with Crippen molar-refractivity contribution in [1.82, 2.24) is 4.90 Å². The Morgan fingerprint density at radius 2 is 1.81 bits per heavy atom. The molecule has 2 N–H and O–H groups in total. The Morgan fingerprint density at radius 3 is 2.42 bits per heavy atom.